The Morgan fingerprint density at radius 2 is 2.04 bits per heavy atom. The maximum absolute atomic E-state index is 12.8. The number of ether oxygens (including phenoxy) is 2. The van der Waals surface area contributed by atoms with Gasteiger partial charge in [-0.2, -0.15) is 0 Å². The van der Waals surface area contributed by atoms with E-state index in [1.54, 1.807) is 5.01 Å². The van der Waals surface area contributed by atoms with Crippen LogP contribution in [0, 0.1) is 0 Å². The second-order valence-corrected chi connectivity index (χ2v) is 7.65. The van der Waals surface area contributed by atoms with Crippen LogP contribution >= 0.6 is 27.7 Å². The average Bonchev–Trinajstić information content (AvgIpc) is 3.13. The van der Waals surface area contributed by atoms with E-state index in [0.29, 0.717) is 22.4 Å². The zero-order valence-electron chi connectivity index (χ0n) is 14.1. The normalized spacial score (nSPS) is 19.7. The van der Waals surface area contributed by atoms with E-state index in [2.05, 4.69) is 26.3 Å². The molecule has 0 aliphatic carbocycles. The standard InChI is InChI=1S/C18H13BrN4O3S/c1-27-18-21-17(24)15-9-4-2-3-5-12(9)20-16(23(15)22-18)10-6-13-14(7-11(10)19)26-8-25-13/h2-7,16H,8H2,1H3,(H,21,22,24)/t16-/m0/s1. The van der Waals surface area contributed by atoms with Crippen molar-refractivity contribution in [1.82, 2.24) is 10.3 Å². The summed E-state index contributed by atoms with van der Waals surface area (Å²) >= 11 is 4.98. The van der Waals surface area contributed by atoms with E-state index >= 15 is 0 Å². The van der Waals surface area contributed by atoms with E-state index in [0.717, 1.165) is 20.6 Å². The average molecular weight is 445 g/mol. The Labute approximate surface area is 166 Å². The highest BCUT2D eigenvalue weighted by molar-refractivity contribution is 9.10. The van der Waals surface area contributed by atoms with Gasteiger partial charge in [0.15, 0.2) is 22.8 Å². The molecule has 1 atom stereocenters. The Hall–Kier alpha value is -2.52. The molecule has 3 aliphatic rings. The first-order chi connectivity index (χ1) is 13.2. The van der Waals surface area contributed by atoms with Gasteiger partial charge >= 0.3 is 0 Å². The Morgan fingerprint density at radius 1 is 1.26 bits per heavy atom. The molecule has 136 valence electrons. The fourth-order valence-electron chi connectivity index (χ4n) is 3.25. The SMILES string of the molecule is CSC1=NN2C(=c3ccccc3=N[C@@H]2c2cc3c(cc2Br)OCO3)C(=O)N1. The molecule has 0 fully saturated rings. The monoisotopic (exact) mass is 444 g/mol. The number of amidine groups is 1. The zero-order chi connectivity index (χ0) is 18.5. The summed E-state index contributed by atoms with van der Waals surface area (Å²) < 4.78 is 11.8. The summed E-state index contributed by atoms with van der Waals surface area (Å²) in [5.41, 5.74) is 1.32. The summed E-state index contributed by atoms with van der Waals surface area (Å²) in [6.07, 6.45) is 1.36. The molecule has 2 aromatic rings. The van der Waals surface area contributed by atoms with Crippen LogP contribution in [0.5, 0.6) is 11.5 Å². The van der Waals surface area contributed by atoms with Gasteiger partial charge in [-0.3, -0.25) is 15.1 Å². The molecule has 0 saturated carbocycles. The predicted molar refractivity (Wildman–Crippen MR) is 105 cm³/mol. The number of halogens is 1. The van der Waals surface area contributed by atoms with Crippen LogP contribution in [0.2, 0.25) is 0 Å². The number of hydrogen-bond donors (Lipinski definition) is 1. The highest BCUT2D eigenvalue weighted by atomic mass is 79.9. The molecule has 7 nitrogen and oxygen atoms in total. The highest BCUT2D eigenvalue weighted by Gasteiger charge is 2.35. The first-order valence-electron chi connectivity index (χ1n) is 8.15. The molecule has 0 saturated heterocycles. The molecular formula is C18H13BrN4O3S. The number of nitrogens with one attached hydrogen (secondary N) is 1. The molecule has 3 aliphatic heterocycles. The Balaban J connectivity index is 1.76. The summed E-state index contributed by atoms with van der Waals surface area (Å²) in [4.78, 5) is 17.7. The van der Waals surface area contributed by atoms with Crippen molar-refractivity contribution in [1.29, 1.82) is 0 Å². The van der Waals surface area contributed by atoms with Crippen molar-refractivity contribution >= 4 is 44.5 Å². The number of benzene rings is 2. The van der Waals surface area contributed by atoms with Gasteiger partial charge in [-0.25, -0.2) is 5.01 Å². The molecule has 2 aromatic carbocycles. The van der Waals surface area contributed by atoms with Crippen LogP contribution in [-0.4, -0.2) is 29.1 Å². The third-order valence-electron chi connectivity index (χ3n) is 4.48. The third kappa shape index (κ3) is 2.61. The van der Waals surface area contributed by atoms with Crippen molar-refractivity contribution < 1.29 is 14.3 Å². The number of hydrazone groups is 1. The van der Waals surface area contributed by atoms with E-state index in [-0.39, 0.29) is 12.7 Å². The largest absolute Gasteiger partial charge is 0.454 e. The zero-order valence-corrected chi connectivity index (χ0v) is 16.5. The van der Waals surface area contributed by atoms with Crippen LogP contribution in [0.25, 0.3) is 5.70 Å². The molecule has 0 spiro atoms. The first-order valence-corrected chi connectivity index (χ1v) is 10.2. The minimum absolute atomic E-state index is 0.189. The molecule has 9 heteroatoms. The minimum atomic E-state index is -0.507. The van der Waals surface area contributed by atoms with Gasteiger partial charge < -0.3 is 9.47 Å². The summed E-state index contributed by atoms with van der Waals surface area (Å²) in [6, 6.07) is 11.3. The van der Waals surface area contributed by atoms with E-state index in [1.165, 1.54) is 11.8 Å². The molecule has 0 bridgehead atoms. The quantitative estimate of drug-likeness (QED) is 0.723. The molecule has 5 rings (SSSR count). The lowest BCUT2D eigenvalue weighted by atomic mass is 10.1. The molecule has 27 heavy (non-hydrogen) atoms. The topological polar surface area (TPSA) is 75.5 Å². The molecule has 3 heterocycles. The lowest BCUT2D eigenvalue weighted by Gasteiger charge is -2.34. The smallest absolute Gasteiger partial charge is 0.276 e. The molecule has 0 radical (unpaired) electrons. The van der Waals surface area contributed by atoms with Gasteiger partial charge in [-0.05, 0) is 24.5 Å². The van der Waals surface area contributed by atoms with Crippen molar-refractivity contribution in [3.63, 3.8) is 0 Å². The lowest BCUT2D eigenvalue weighted by Crippen LogP contribution is -2.50. The van der Waals surface area contributed by atoms with Crippen molar-refractivity contribution in [3.8, 4) is 11.5 Å². The van der Waals surface area contributed by atoms with Gasteiger partial charge in [-0.15, -0.1) is 5.10 Å². The molecule has 1 amide bonds. The van der Waals surface area contributed by atoms with Gasteiger partial charge in [0.05, 0.1) is 5.36 Å². The van der Waals surface area contributed by atoms with Crippen molar-refractivity contribution in [3.05, 3.63) is 57.0 Å². The van der Waals surface area contributed by atoms with E-state index in [9.17, 15) is 4.79 Å². The van der Waals surface area contributed by atoms with Crippen LogP contribution in [0.15, 0.2) is 51.0 Å². The van der Waals surface area contributed by atoms with Crippen LogP contribution < -0.4 is 25.4 Å². The number of rotatable bonds is 1. The van der Waals surface area contributed by atoms with Gasteiger partial charge in [0.2, 0.25) is 6.79 Å². The summed E-state index contributed by atoms with van der Waals surface area (Å²) in [7, 11) is 0. The Bertz CT molecular complexity index is 1130. The van der Waals surface area contributed by atoms with Crippen LogP contribution in [0.3, 0.4) is 0 Å². The summed E-state index contributed by atoms with van der Waals surface area (Å²) in [6.45, 7) is 0.189. The Morgan fingerprint density at radius 3 is 2.85 bits per heavy atom. The fraction of sp³-hybridized carbons (Fsp3) is 0.167. The summed E-state index contributed by atoms with van der Waals surface area (Å²) in [5, 5.41) is 11.2. The second kappa shape index (κ2) is 6.28. The maximum atomic E-state index is 12.8. The number of hydrogen-bond acceptors (Lipinski definition) is 7. The van der Waals surface area contributed by atoms with Crippen LogP contribution in [0.4, 0.5) is 0 Å². The first kappa shape index (κ1) is 16.6. The van der Waals surface area contributed by atoms with Crippen molar-refractivity contribution in [2.24, 2.45) is 10.1 Å². The number of thioether (sulfide) groups is 1. The van der Waals surface area contributed by atoms with Gasteiger partial charge in [0.1, 0.15) is 5.70 Å². The van der Waals surface area contributed by atoms with Crippen LogP contribution in [0.1, 0.15) is 11.7 Å². The lowest BCUT2D eigenvalue weighted by molar-refractivity contribution is -0.116. The molecule has 0 unspecified atom stereocenters. The van der Waals surface area contributed by atoms with Gasteiger partial charge in [-0.1, -0.05) is 45.9 Å². The molecule has 1 N–H and O–H groups in total. The van der Waals surface area contributed by atoms with Gasteiger partial charge in [0.25, 0.3) is 5.91 Å². The second-order valence-electron chi connectivity index (χ2n) is 6.00. The number of nitrogens with zero attached hydrogens (tertiary/aromatic N) is 3. The van der Waals surface area contributed by atoms with Crippen LogP contribution in [-0.2, 0) is 4.79 Å². The number of carbonyl (C=O) groups excluding carboxylic acids is 1. The summed E-state index contributed by atoms with van der Waals surface area (Å²) in [5.74, 6) is 1.13. The number of amides is 1. The maximum Gasteiger partial charge on any atom is 0.276 e. The third-order valence-corrected chi connectivity index (χ3v) is 5.74. The molecular weight excluding hydrogens is 432 g/mol. The fourth-order valence-corrected chi connectivity index (χ4v) is 4.14. The van der Waals surface area contributed by atoms with E-state index in [1.807, 2.05) is 42.7 Å². The van der Waals surface area contributed by atoms with Crippen molar-refractivity contribution in [2.75, 3.05) is 13.0 Å². The molecule has 0 aromatic heterocycles. The van der Waals surface area contributed by atoms with E-state index in [4.69, 9.17) is 14.5 Å². The minimum Gasteiger partial charge on any atom is -0.454 e. The Kier molecular flexibility index (Phi) is 3.87. The van der Waals surface area contributed by atoms with Crippen molar-refractivity contribution in [2.45, 2.75) is 6.17 Å². The van der Waals surface area contributed by atoms with Gasteiger partial charge in [0, 0.05) is 15.3 Å². The highest BCUT2D eigenvalue weighted by Crippen LogP contribution is 2.42. The van der Waals surface area contributed by atoms with E-state index < -0.39 is 6.17 Å². The number of carbonyl (C=O) groups is 1. The predicted octanol–water partition coefficient (Wildman–Crippen LogP) is 1.68. The number of fused-ring (bicyclic) bond motifs is 3. The number of para-hydroxylation sites is 1.